The van der Waals surface area contributed by atoms with Gasteiger partial charge in [0.1, 0.15) is 12.3 Å². The van der Waals surface area contributed by atoms with Crippen LogP contribution in [0.15, 0.2) is 62.6 Å². The van der Waals surface area contributed by atoms with E-state index >= 15 is 0 Å². The molecule has 0 radical (unpaired) electrons. The molecule has 0 aliphatic rings. The topological polar surface area (TPSA) is 58.9 Å². The van der Waals surface area contributed by atoms with Gasteiger partial charge in [0.25, 0.3) is 0 Å². The Hall–Kier alpha value is -1.66. The van der Waals surface area contributed by atoms with E-state index < -0.39 is 5.97 Å². The van der Waals surface area contributed by atoms with Crippen LogP contribution in [-0.4, -0.2) is 23.5 Å². The van der Waals surface area contributed by atoms with Gasteiger partial charge in [0.15, 0.2) is 0 Å². The molecule has 0 atom stereocenters. The van der Waals surface area contributed by atoms with Gasteiger partial charge in [-0.3, -0.25) is 0 Å². The zero-order chi connectivity index (χ0) is 15.2. The summed E-state index contributed by atoms with van der Waals surface area (Å²) in [6, 6.07) is 14.0. The van der Waals surface area contributed by atoms with E-state index in [1.807, 2.05) is 12.1 Å². The zero-order valence-corrected chi connectivity index (χ0v) is 14.0. The van der Waals surface area contributed by atoms with Crippen molar-refractivity contribution in [2.45, 2.75) is 0 Å². The van der Waals surface area contributed by atoms with E-state index in [0.29, 0.717) is 11.1 Å². The maximum atomic E-state index is 11.9. The van der Waals surface area contributed by atoms with Gasteiger partial charge < -0.3 is 9.94 Å². The molecule has 0 spiro atoms. The van der Waals surface area contributed by atoms with Gasteiger partial charge in [-0.2, -0.15) is 0 Å². The summed E-state index contributed by atoms with van der Waals surface area (Å²) < 4.78 is 6.94. The number of carbonyl (C=O) groups is 1. The molecule has 2 rings (SSSR count). The number of hydrogen-bond donors (Lipinski definition) is 1. The molecule has 0 fully saturated rings. The number of carbonyl (C=O) groups excluding carboxylic acids is 1. The highest BCUT2D eigenvalue weighted by Crippen LogP contribution is 2.13. The lowest BCUT2D eigenvalue weighted by Crippen LogP contribution is -2.15. The van der Waals surface area contributed by atoms with Gasteiger partial charge in [0, 0.05) is 14.5 Å². The fourth-order valence-corrected chi connectivity index (χ4v) is 2.14. The summed E-state index contributed by atoms with van der Waals surface area (Å²) in [6.45, 7) is -0.104. The molecule has 0 amide bonds. The van der Waals surface area contributed by atoms with Crippen LogP contribution in [0.1, 0.15) is 15.9 Å². The molecule has 2 aromatic rings. The molecule has 0 unspecified atom stereocenters. The smallest absolute Gasteiger partial charge is 0.338 e. The fourth-order valence-electron chi connectivity index (χ4n) is 1.62. The second-order valence-electron chi connectivity index (χ2n) is 4.14. The lowest BCUT2D eigenvalue weighted by molar-refractivity contribution is 0.0562. The van der Waals surface area contributed by atoms with Crippen LogP contribution in [0.25, 0.3) is 0 Å². The highest BCUT2D eigenvalue weighted by atomic mass is 79.9. The van der Waals surface area contributed by atoms with E-state index in [4.69, 9.17) is 9.94 Å². The summed E-state index contributed by atoms with van der Waals surface area (Å²) in [4.78, 5) is 11.9. The summed E-state index contributed by atoms with van der Waals surface area (Å²) in [5.41, 5.74) is 1.41. The summed E-state index contributed by atoms with van der Waals surface area (Å²) in [6.07, 6.45) is 0. The summed E-state index contributed by atoms with van der Waals surface area (Å²) in [5.74, 6) is -0.472. The minimum absolute atomic E-state index is 0.104. The van der Waals surface area contributed by atoms with E-state index in [1.165, 1.54) is 0 Å². The Morgan fingerprint density at radius 2 is 1.43 bits per heavy atom. The summed E-state index contributed by atoms with van der Waals surface area (Å²) in [7, 11) is 0. The number of halogens is 2. The first-order chi connectivity index (χ1) is 10.1. The van der Waals surface area contributed by atoms with Gasteiger partial charge >= 0.3 is 5.97 Å². The third-order valence-corrected chi connectivity index (χ3v) is 3.78. The Morgan fingerprint density at radius 1 is 0.952 bits per heavy atom. The molecule has 0 aliphatic heterocycles. The minimum atomic E-state index is -0.472. The number of rotatable bonds is 4. The van der Waals surface area contributed by atoms with E-state index in [2.05, 4.69) is 37.0 Å². The predicted molar refractivity (Wildman–Crippen MR) is 86.9 cm³/mol. The van der Waals surface area contributed by atoms with Crippen molar-refractivity contribution in [1.82, 2.24) is 0 Å². The van der Waals surface area contributed by atoms with Crippen LogP contribution in [0.2, 0.25) is 0 Å². The lowest BCUT2D eigenvalue weighted by atomic mass is 10.1. The lowest BCUT2D eigenvalue weighted by Gasteiger charge is -2.07. The van der Waals surface area contributed by atoms with Gasteiger partial charge in [-0.15, -0.1) is 0 Å². The van der Waals surface area contributed by atoms with E-state index in [9.17, 15) is 4.79 Å². The molecule has 0 saturated carbocycles. The Balaban J connectivity index is 2.02. The van der Waals surface area contributed by atoms with Gasteiger partial charge in [0.2, 0.25) is 0 Å². The fraction of sp³-hybridized carbons (Fsp3) is 0.0667. The maximum absolute atomic E-state index is 11.9. The van der Waals surface area contributed by atoms with Crippen LogP contribution in [0.5, 0.6) is 0 Å². The molecule has 1 N–H and O–H groups in total. The number of hydrogen-bond acceptors (Lipinski definition) is 4. The normalized spacial score (nSPS) is 11.2. The second kappa shape index (κ2) is 7.38. The third-order valence-electron chi connectivity index (χ3n) is 2.72. The van der Waals surface area contributed by atoms with Crippen LogP contribution in [0.4, 0.5) is 0 Å². The molecule has 0 saturated heterocycles. The molecule has 6 heteroatoms. The van der Waals surface area contributed by atoms with Crippen molar-refractivity contribution in [3.05, 3.63) is 68.6 Å². The van der Waals surface area contributed by atoms with Crippen molar-refractivity contribution in [2.75, 3.05) is 6.61 Å². The average molecular weight is 413 g/mol. The largest absolute Gasteiger partial charge is 0.455 e. The molecule has 21 heavy (non-hydrogen) atoms. The van der Waals surface area contributed by atoms with E-state index in [0.717, 1.165) is 8.95 Å². The Labute approximate surface area is 138 Å². The van der Waals surface area contributed by atoms with Gasteiger partial charge in [-0.1, -0.05) is 49.1 Å². The van der Waals surface area contributed by atoms with Gasteiger partial charge in [0.05, 0.1) is 5.56 Å². The van der Waals surface area contributed by atoms with E-state index in [-0.39, 0.29) is 12.3 Å². The Bertz CT molecular complexity index is 652. The average Bonchev–Trinajstić information content (AvgIpc) is 2.50. The number of esters is 1. The first-order valence-corrected chi connectivity index (χ1v) is 7.58. The van der Waals surface area contributed by atoms with Crippen LogP contribution >= 0.6 is 31.9 Å². The summed E-state index contributed by atoms with van der Waals surface area (Å²) >= 11 is 6.62. The molecular formula is C15H11Br2NO3. The van der Waals surface area contributed by atoms with Crippen molar-refractivity contribution in [3.8, 4) is 0 Å². The number of nitrogens with zero attached hydrogens (tertiary/aromatic N) is 1. The second-order valence-corrected chi connectivity index (χ2v) is 5.97. The van der Waals surface area contributed by atoms with Crippen LogP contribution < -0.4 is 0 Å². The number of oxime groups is 1. The monoisotopic (exact) mass is 411 g/mol. The van der Waals surface area contributed by atoms with Gasteiger partial charge in [-0.05, 0) is 36.4 Å². The molecule has 0 aromatic heterocycles. The first kappa shape index (κ1) is 15.7. The van der Waals surface area contributed by atoms with Crippen molar-refractivity contribution in [1.29, 1.82) is 0 Å². The zero-order valence-electron chi connectivity index (χ0n) is 10.8. The van der Waals surface area contributed by atoms with Crippen molar-refractivity contribution >= 4 is 43.5 Å². The Kier molecular flexibility index (Phi) is 5.52. The standard InChI is InChI=1S/C15H11Br2NO3/c16-12-5-1-10(2-6-12)14(18-20)9-21-15(19)11-3-7-13(17)8-4-11/h1-8,20H,9H2/b18-14+. The molecule has 0 bridgehead atoms. The van der Waals surface area contributed by atoms with Crippen LogP contribution in [0, 0.1) is 0 Å². The quantitative estimate of drug-likeness (QED) is 0.353. The molecule has 108 valence electrons. The first-order valence-electron chi connectivity index (χ1n) is 5.99. The molecule has 0 aliphatic carbocycles. The maximum Gasteiger partial charge on any atom is 0.338 e. The highest BCUT2D eigenvalue weighted by molar-refractivity contribution is 9.10. The van der Waals surface area contributed by atoms with E-state index in [1.54, 1.807) is 36.4 Å². The van der Waals surface area contributed by atoms with Crippen molar-refractivity contribution in [3.63, 3.8) is 0 Å². The van der Waals surface area contributed by atoms with Crippen LogP contribution in [0.3, 0.4) is 0 Å². The number of ether oxygens (including phenoxy) is 1. The van der Waals surface area contributed by atoms with Gasteiger partial charge in [-0.25, -0.2) is 4.79 Å². The Morgan fingerprint density at radius 3 is 1.90 bits per heavy atom. The molecular weight excluding hydrogens is 402 g/mol. The van der Waals surface area contributed by atoms with Crippen molar-refractivity contribution < 1.29 is 14.7 Å². The molecule has 4 nitrogen and oxygen atoms in total. The number of benzene rings is 2. The molecule has 2 aromatic carbocycles. The highest BCUT2D eigenvalue weighted by Gasteiger charge is 2.11. The van der Waals surface area contributed by atoms with Crippen LogP contribution in [-0.2, 0) is 4.74 Å². The SMILES string of the molecule is O=C(OC/C(=N\O)c1ccc(Br)cc1)c1ccc(Br)cc1. The summed E-state index contributed by atoms with van der Waals surface area (Å²) in [5, 5.41) is 12.2. The van der Waals surface area contributed by atoms with Crippen molar-refractivity contribution in [2.24, 2.45) is 5.16 Å². The third kappa shape index (κ3) is 4.41. The minimum Gasteiger partial charge on any atom is -0.455 e. The predicted octanol–water partition coefficient (Wildman–Crippen LogP) is 4.25. The molecule has 0 heterocycles.